The quantitative estimate of drug-likeness (QED) is 0.631. The summed E-state index contributed by atoms with van der Waals surface area (Å²) in [6.45, 7) is 1.37. The molecule has 2 saturated heterocycles. The summed E-state index contributed by atoms with van der Waals surface area (Å²) in [5.41, 5.74) is 5.97. The lowest BCUT2D eigenvalue weighted by Gasteiger charge is -2.39. The van der Waals surface area contributed by atoms with E-state index in [1.807, 2.05) is 4.90 Å². The number of nitrogens with two attached hydrogens (primary N) is 1. The van der Waals surface area contributed by atoms with E-state index in [2.05, 4.69) is 5.32 Å². The van der Waals surface area contributed by atoms with Crippen LogP contribution in [0.2, 0.25) is 0 Å². The van der Waals surface area contributed by atoms with Crippen LogP contribution in [-0.2, 0) is 19.4 Å². The molecule has 8 heteroatoms. The molecular formula is C12H21N3O4S. The normalized spacial score (nSPS) is 37.8. The first-order valence-electron chi connectivity index (χ1n) is 7.06. The Morgan fingerprint density at radius 1 is 1.30 bits per heavy atom. The number of rotatable bonds is 3. The minimum absolute atomic E-state index is 0.00594. The molecule has 3 N–H and O–H groups in total. The fraction of sp³-hybridized carbons (Fsp3) is 0.917. The highest BCUT2D eigenvalue weighted by Crippen LogP contribution is 2.23. The fourth-order valence-corrected chi connectivity index (χ4v) is 4.87. The van der Waals surface area contributed by atoms with Crippen molar-refractivity contribution in [1.82, 2.24) is 10.2 Å². The summed E-state index contributed by atoms with van der Waals surface area (Å²) in [6, 6.07) is -0.839. The van der Waals surface area contributed by atoms with Crippen molar-refractivity contribution >= 4 is 15.7 Å². The Bertz CT molecular complexity index is 491. The van der Waals surface area contributed by atoms with Crippen LogP contribution in [0.15, 0.2) is 0 Å². The molecule has 20 heavy (non-hydrogen) atoms. The van der Waals surface area contributed by atoms with E-state index in [4.69, 9.17) is 10.5 Å². The van der Waals surface area contributed by atoms with E-state index in [9.17, 15) is 13.2 Å². The molecule has 0 aromatic carbocycles. The van der Waals surface area contributed by atoms with Crippen molar-refractivity contribution < 1.29 is 17.9 Å². The lowest BCUT2D eigenvalue weighted by molar-refractivity contribution is -0.134. The van der Waals surface area contributed by atoms with Crippen molar-refractivity contribution in [3.8, 4) is 0 Å². The van der Waals surface area contributed by atoms with Crippen molar-refractivity contribution in [2.24, 2.45) is 5.73 Å². The Morgan fingerprint density at radius 2 is 2.05 bits per heavy atom. The molecule has 7 nitrogen and oxygen atoms in total. The van der Waals surface area contributed by atoms with Gasteiger partial charge in [0.2, 0.25) is 5.91 Å². The highest BCUT2D eigenvalue weighted by molar-refractivity contribution is 7.91. The molecule has 0 bridgehead atoms. The van der Waals surface area contributed by atoms with Crippen LogP contribution in [-0.4, -0.2) is 74.7 Å². The number of nitrogens with zero attached hydrogens (tertiary/aromatic N) is 1. The lowest BCUT2D eigenvalue weighted by Crippen LogP contribution is -2.61. The summed E-state index contributed by atoms with van der Waals surface area (Å²) in [5.74, 6) is -0.0170. The van der Waals surface area contributed by atoms with Gasteiger partial charge in [0.1, 0.15) is 6.04 Å². The monoisotopic (exact) mass is 303 g/mol. The lowest BCUT2D eigenvalue weighted by atomic mass is 10.1. The van der Waals surface area contributed by atoms with Gasteiger partial charge >= 0.3 is 0 Å². The molecule has 2 heterocycles. The third kappa shape index (κ3) is 2.98. The number of hydrogen-bond donors (Lipinski definition) is 2. The summed E-state index contributed by atoms with van der Waals surface area (Å²) in [5, 5.41) is 2.96. The average Bonchev–Trinajstić information content (AvgIpc) is 3.14. The van der Waals surface area contributed by atoms with Gasteiger partial charge in [-0.2, -0.15) is 0 Å². The number of carbonyl (C=O) groups is 1. The number of ether oxygens (including phenoxy) is 1. The van der Waals surface area contributed by atoms with E-state index in [-0.39, 0.29) is 29.5 Å². The molecule has 1 saturated carbocycles. The molecule has 114 valence electrons. The van der Waals surface area contributed by atoms with Gasteiger partial charge in [0.05, 0.1) is 24.7 Å². The Labute approximate surface area is 118 Å². The smallest absolute Gasteiger partial charge is 0.239 e. The van der Waals surface area contributed by atoms with Gasteiger partial charge in [-0.05, 0) is 12.8 Å². The van der Waals surface area contributed by atoms with Gasteiger partial charge < -0.3 is 15.8 Å². The number of amides is 1. The summed E-state index contributed by atoms with van der Waals surface area (Å²) < 4.78 is 28.8. The first-order valence-corrected chi connectivity index (χ1v) is 8.88. The molecule has 3 unspecified atom stereocenters. The minimum Gasteiger partial charge on any atom is -0.378 e. The molecule has 0 radical (unpaired) electrons. The molecule has 1 amide bonds. The number of morpholine rings is 1. The topological polar surface area (TPSA) is 102 Å². The third-order valence-corrected chi connectivity index (χ3v) is 5.93. The first kappa shape index (κ1) is 14.2. The van der Waals surface area contributed by atoms with E-state index in [1.54, 1.807) is 0 Å². The van der Waals surface area contributed by atoms with Gasteiger partial charge in [0, 0.05) is 24.7 Å². The second-order valence-electron chi connectivity index (χ2n) is 5.92. The molecule has 0 aromatic heterocycles. The minimum atomic E-state index is -3.09. The number of nitrogens with one attached hydrogen (secondary N) is 1. The maximum atomic E-state index is 12.3. The van der Waals surface area contributed by atoms with Crippen LogP contribution in [0.25, 0.3) is 0 Å². The van der Waals surface area contributed by atoms with Gasteiger partial charge in [-0.3, -0.25) is 9.69 Å². The second-order valence-corrected chi connectivity index (χ2v) is 8.07. The van der Waals surface area contributed by atoms with Crippen LogP contribution in [0.5, 0.6) is 0 Å². The highest BCUT2D eigenvalue weighted by Gasteiger charge is 2.44. The van der Waals surface area contributed by atoms with E-state index >= 15 is 0 Å². The zero-order valence-electron chi connectivity index (χ0n) is 11.3. The van der Waals surface area contributed by atoms with Crippen molar-refractivity contribution in [2.75, 3.05) is 31.3 Å². The van der Waals surface area contributed by atoms with Crippen molar-refractivity contribution in [1.29, 1.82) is 0 Å². The Kier molecular flexibility index (Phi) is 3.74. The maximum Gasteiger partial charge on any atom is 0.239 e. The molecule has 2 aliphatic heterocycles. The molecule has 0 aromatic rings. The van der Waals surface area contributed by atoms with E-state index in [0.29, 0.717) is 19.8 Å². The van der Waals surface area contributed by atoms with Crippen molar-refractivity contribution in [3.63, 3.8) is 0 Å². The summed E-state index contributed by atoms with van der Waals surface area (Å²) in [6.07, 6.45) is 2.05. The molecular weight excluding hydrogens is 282 g/mol. The molecule has 1 aliphatic carbocycles. The Morgan fingerprint density at radius 3 is 2.65 bits per heavy atom. The van der Waals surface area contributed by atoms with E-state index in [1.165, 1.54) is 0 Å². The molecule has 3 rings (SSSR count). The number of carbonyl (C=O) groups excluding carboxylic acids is 1. The zero-order chi connectivity index (χ0) is 14.3. The number of hydrogen-bond acceptors (Lipinski definition) is 6. The van der Waals surface area contributed by atoms with Gasteiger partial charge in [0.25, 0.3) is 0 Å². The van der Waals surface area contributed by atoms with Crippen molar-refractivity contribution in [2.45, 2.75) is 37.0 Å². The predicted octanol–water partition coefficient (Wildman–Crippen LogP) is -1.91. The molecule has 3 fully saturated rings. The zero-order valence-corrected chi connectivity index (χ0v) is 12.1. The Hall–Kier alpha value is -0.700. The largest absolute Gasteiger partial charge is 0.378 e. The number of sulfone groups is 1. The average molecular weight is 303 g/mol. The highest BCUT2D eigenvalue weighted by atomic mass is 32.2. The Balaban J connectivity index is 1.73. The van der Waals surface area contributed by atoms with Crippen LogP contribution < -0.4 is 11.1 Å². The van der Waals surface area contributed by atoms with Crippen LogP contribution in [0.1, 0.15) is 12.8 Å². The van der Waals surface area contributed by atoms with Gasteiger partial charge in [-0.1, -0.05) is 0 Å². The molecule has 0 spiro atoms. The van der Waals surface area contributed by atoms with Gasteiger partial charge in [-0.25, -0.2) is 8.42 Å². The van der Waals surface area contributed by atoms with Crippen molar-refractivity contribution in [3.05, 3.63) is 0 Å². The summed E-state index contributed by atoms with van der Waals surface area (Å²) >= 11 is 0. The SMILES string of the molecule is NC1CS(=O)(=O)CC1N1CCOCC1C(=O)NC1CC1. The van der Waals surface area contributed by atoms with Crippen LogP contribution in [0.3, 0.4) is 0 Å². The fourth-order valence-electron chi connectivity index (χ4n) is 2.96. The second kappa shape index (κ2) is 5.25. The van der Waals surface area contributed by atoms with Crippen LogP contribution in [0, 0.1) is 0 Å². The predicted molar refractivity (Wildman–Crippen MR) is 72.9 cm³/mol. The third-order valence-electron chi connectivity index (χ3n) is 4.19. The van der Waals surface area contributed by atoms with E-state index in [0.717, 1.165) is 12.8 Å². The van der Waals surface area contributed by atoms with Crippen LogP contribution in [0.4, 0.5) is 0 Å². The van der Waals surface area contributed by atoms with Gasteiger partial charge in [0.15, 0.2) is 9.84 Å². The molecule has 3 atom stereocenters. The maximum absolute atomic E-state index is 12.3. The summed E-state index contributed by atoms with van der Waals surface area (Å²) in [7, 11) is -3.09. The van der Waals surface area contributed by atoms with E-state index < -0.39 is 21.9 Å². The molecule has 3 aliphatic rings. The summed E-state index contributed by atoms with van der Waals surface area (Å²) in [4.78, 5) is 14.2. The van der Waals surface area contributed by atoms with Crippen LogP contribution >= 0.6 is 0 Å². The first-order chi connectivity index (χ1) is 9.46. The van der Waals surface area contributed by atoms with Gasteiger partial charge in [-0.15, -0.1) is 0 Å². The standard InChI is InChI=1S/C12H21N3O4S/c13-9-6-20(17,18)7-11(9)15-3-4-19-5-10(15)12(16)14-8-1-2-8/h8-11H,1-7,13H2,(H,14,16).